The van der Waals surface area contributed by atoms with Crippen molar-refractivity contribution in [2.75, 3.05) is 0 Å². The topological polar surface area (TPSA) is 20.3 Å². The minimum atomic E-state index is 0.0221. The van der Waals surface area contributed by atoms with Gasteiger partial charge in [-0.3, -0.25) is 4.79 Å². The molecular formula is C16H17Cl2NO. The molecule has 106 valence electrons. The fraction of sp³-hybridized carbons (Fsp3) is 0.438. The van der Waals surface area contributed by atoms with Crippen molar-refractivity contribution < 1.29 is 4.79 Å². The number of carbonyl (C=O) groups excluding carboxylic acids is 1. The van der Waals surface area contributed by atoms with Crippen LogP contribution in [-0.4, -0.2) is 10.8 Å². The Morgan fingerprint density at radius 3 is 2.90 bits per heavy atom. The second kappa shape index (κ2) is 5.09. The lowest BCUT2D eigenvalue weighted by Gasteiger charge is -2.31. The Kier molecular flexibility index (Phi) is 3.55. The molecule has 1 aromatic carbocycles. The Hall–Kier alpha value is -0.990. The van der Waals surface area contributed by atoms with Crippen LogP contribution in [0.3, 0.4) is 0 Å². The fourth-order valence-corrected chi connectivity index (χ4v) is 3.75. The summed E-state index contributed by atoms with van der Waals surface area (Å²) in [5.41, 5.74) is 2.15. The molecule has 1 fully saturated rings. The number of likely N-dealkylation sites (tertiary alicyclic amines) is 1. The quantitative estimate of drug-likeness (QED) is 0.768. The van der Waals surface area contributed by atoms with Gasteiger partial charge in [-0.05, 0) is 37.0 Å². The third-order valence-corrected chi connectivity index (χ3v) is 4.95. The molecule has 2 nitrogen and oxygen atoms in total. The molecule has 1 amide bonds. The predicted octanol–water partition coefficient (Wildman–Crippen LogP) is 4.80. The van der Waals surface area contributed by atoms with Crippen molar-refractivity contribution in [3.63, 3.8) is 0 Å². The average Bonchev–Trinajstić information content (AvgIpc) is 2.63. The van der Waals surface area contributed by atoms with Gasteiger partial charge in [0.15, 0.2) is 0 Å². The van der Waals surface area contributed by atoms with Crippen LogP contribution in [0.2, 0.25) is 10.0 Å². The van der Waals surface area contributed by atoms with Crippen molar-refractivity contribution in [1.82, 2.24) is 4.90 Å². The van der Waals surface area contributed by atoms with Gasteiger partial charge < -0.3 is 4.90 Å². The Bertz CT molecular complexity index is 596. The third kappa shape index (κ3) is 2.36. The summed E-state index contributed by atoms with van der Waals surface area (Å²) in [7, 11) is 0. The molecule has 0 radical (unpaired) electrons. The van der Waals surface area contributed by atoms with Crippen LogP contribution in [0, 0.1) is 5.41 Å². The van der Waals surface area contributed by atoms with E-state index >= 15 is 0 Å². The van der Waals surface area contributed by atoms with E-state index in [0.29, 0.717) is 23.0 Å². The summed E-state index contributed by atoms with van der Waals surface area (Å²) in [6.45, 7) is 2.73. The zero-order valence-electron chi connectivity index (χ0n) is 11.5. The van der Waals surface area contributed by atoms with E-state index in [1.165, 1.54) is 12.1 Å². The van der Waals surface area contributed by atoms with Crippen LogP contribution in [-0.2, 0) is 11.3 Å². The summed E-state index contributed by atoms with van der Waals surface area (Å²) in [6, 6.07) is 5.45. The molecule has 1 aliphatic heterocycles. The fourth-order valence-electron chi connectivity index (χ4n) is 3.28. The van der Waals surface area contributed by atoms with Crippen molar-refractivity contribution in [2.24, 2.45) is 5.41 Å². The number of allylic oxidation sites excluding steroid dienone is 2. The van der Waals surface area contributed by atoms with E-state index in [-0.39, 0.29) is 11.3 Å². The minimum absolute atomic E-state index is 0.0221. The Morgan fingerprint density at radius 2 is 2.15 bits per heavy atom. The van der Waals surface area contributed by atoms with Crippen LogP contribution in [0.5, 0.6) is 0 Å². The summed E-state index contributed by atoms with van der Waals surface area (Å²) in [4.78, 5) is 14.2. The first-order chi connectivity index (χ1) is 9.49. The monoisotopic (exact) mass is 309 g/mol. The van der Waals surface area contributed by atoms with Crippen LogP contribution in [0.15, 0.2) is 30.0 Å². The lowest BCUT2D eigenvalue weighted by atomic mass is 9.77. The van der Waals surface area contributed by atoms with Crippen molar-refractivity contribution in [2.45, 2.75) is 39.2 Å². The molecule has 1 atom stereocenters. The molecule has 2 aliphatic rings. The highest BCUT2D eigenvalue weighted by Crippen LogP contribution is 2.48. The molecule has 0 N–H and O–H groups in total. The molecule has 0 bridgehead atoms. The van der Waals surface area contributed by atoms with E-state index in [2.05, 4.69) is 13.0 Å². The van der Waals surface area contributed by atoms with E-state index in [4.69, 9.17) is 23.2 Å². The number of hydrogen-bond donors (Lipinski definition) is 0. The van der Waals surface area contributed by atoms with Crippen molar-refractivity contribution in [3.8, 4) is 0 Å². The van der Waals surface area contributed by atoms with Gasteiger partial charge in [-0.15, -0.1) is 0 Å². The van der Waals surface area contributed by atoms with Gasteiger partial charge in [-0.2, -0.15) is 0 Å². The maximum absolute atomic E-state index is 12.3. The van der Waals surface area contributed by atoms with Crippen LogP contribution in [0.25, 0.3) is 0 Å². The van der Waals surface area contributed by atoms with Gasteiger partial charge in [0.1, 0.15) is 0 Å². The smallest absolute Gasteiger partial charge is 0.227 e. The lowest BCUT2D eigenvalue weighted by molar-refractivity contribution is -0.127. The molecular weight excluding hydrogens is 293 g/mol. The first kappa shape index (κ1) is 14.0. The second-order valence-corrected chi connectivity index (χ2v) is 6.78. The molecule has 0 aromatic heterocycles. The van der Waals surface area contributed by atoms with Gasteiger partial charge in [0.05, 0.1) is 6.54 Å². The summed E-state index contributed by atoms with van der Waals surface area (Å²) < 4.78 is 0. The normalized spacial score (nSPS) is 25.6. The highest BCUT2D eigenvalue weighted by molar-refractivity contribution is 6.35. The number of carbonyl (C=O) groups is 1. The number of nitrogens with zero attached hydrogens (tertiary/aromatic N) is 1. The number of hydrogen-bond acceptors (Lipinski definition) is 1. The zero-order chi connectivity index (χ0) is 14.3. The highest BCUT2D eigenvalue weighted by atomic mass is 35.5. The predicted molar refractivity (Wildman–Crippen MR) is 81.7 cm³/mol. The first-order valence-electron chi connectivity index (χ1n) is 6.94. The Morgan fingerprint density at radius 1 is 1.35 bits per heavy atom. The van der Waals surface area contributed by atoms with Crippen LogP contribution >= 0.6 is 23.2 Å². The van der Waals surface area contributed by atoms with E-state index in [9.17, 15) is 4.79 Å². The van der Waals surface area contributed by atoms with Gasteiger partial charge in [-0.1, -0.05) is 42.3 Å². The molecule has 0 saturated carbocycles. The van der Waals surface area contributed by atoms with Crippen LogP contribution < -0.4 is 0 Å². The summed E-state index contributed by atoms with van der Waals surface area (Å²) >= 11 is 12.1. The van der Waals surface area contributed by atoms with Gasteiger partial charge in [0.25, 0.3) is 0 Å². The van der Waals surface area contributed by atoms with Gasteiger partial charge in [-0.25, -0.2) is 0 Å². The molecule has 1 aliphatic carbocycles. The zero-order valence-corrected chi connectivity index (χ0v) is 13.0. The average molecular weight is 310 g/mol. The summed E-state index contributed by atoms with van der Waals surface area (Å²) in [5.74, 6) is 0.201. The van der Waals surface area contributed by atoms with Crippen molar-refractivity contribution in [1.29, 1.82) is 0 Å². The Balaban J connectivity index is 1.90. The maximum Gasteiger partial charge on any atom is 0.227 e. The third-order valence-electron chi connectivity index (χ3n) is 4.37. The number of rotatable bonds is 2. The molecule has 3 rings (SSSR count). The molecule has 1 aromatic rings. The van der Waals surface area contributed by atoms with Crippen LogP contribution in [0.1, 0.15) is 38.2 Å². The molecule has 1 unspecified atom stereocenters. The van der Waals surface area contributed by atoms with Gasteiger partial charge in [0, 0.05) is 27.6 Å². The second-order valence-electron chi connectivity index (χ2n) is 5.93. The lowest BCUT2D eigenvalue weighted by Crippen LogP contribution is -2.26. The molecule has 4 heteroatoms. The maximum atomic E-state index is 12.3. The van der Waals surface area contributed by atoms with E-state index in [1.807, 2.05) is 17.0 Å². The SMILES string of the molecule is CC12CCCC=C1N(Cc1ccc(Cl)cc1Cl)C(=O)C2. The molecule has 0 spiro atoms. The molecule has 1 heterocycles. The van der Waals surface area contributed by atoms with Crippen molar-refractivity contribution >= 4 is 29.1 Å². The first-order valence-corrected chi connectivity index (χ1v) is 7.70. The van der Waals surface area contributed by atoms with Gasteiger partial charge in [0.2, 0.25) is 5.91 Å². The number of amides is 1. The van der Waals surface area contributed by atoms with E-state index in [0.717, 1.165) is 18.4 Å². The van der Waals surface area contributed by atoms with E-state index in [1.54, 1.807) is 6.07 Å². The largest absolute Gasteiger partial charge is 0.311 e. The standard InChI is InChI=1S/C16H17Cl2NO/c1-16-7-3-2-4-14(16)19(15(20)9-16)10-11-5-6-12(17)8-13(11)18/h4-6,8H,2-3,7,9-10H2,1H3. The van der Waals surface area contributed by atoms with E-state index < -0.39 is 0 Å². The van der Waals surface area contributed by atoms with Gasteiger partial charge >= 0.3 is 0 Å². The summed E-state index contributed by atoms with van der Waals surface area (Å²) in [5, 5.41) is 1.24. The number of benzene rings is 1. The number of fused-ring (bicyclic) bond motifs is 1. The highest BCUT2D eigenvalue weighted by Gasteiger charge is 2.44. The molecule has 20 heavy (non-hydrogen) atoms. The van der Waals surface area contributed by atoms with Crippen molar-refractivity contribution in [3.05, 3.63) is 45.6 Å². The van der Waals surface area contributed by atoms with Crippen LogP contribution in [0.4, 0.5) is 0 Å². The minimum Gasteiger partial charge on any atom is -0.311 e. The molecule has 1 saturated heterocycles. The summed E-state index contributed by atoms with van der Waals surface area (Å²) in [6.07, 6.45) is 6.16. The Labute approximate surface area is 129 Å². The number of halogens is 2.